The molecule has 200 valence electrons. The van der Waals surface area contributed by atoms with Crippen LogP contribution in [0.4, 0.5) is 0 Å². The quantitative estimate of drug-likeness (QED) is 0.301. The third-order valence-electron chi connectivity index (χ3n) is 6.25. The number of hydrogen-bond donors (Lipinski definition) is 1. The van der Waals surface area contributed by atoms with Crippen molar-refractivity contribution in [2.45, 2.75) is 39.4 Å². The fraction of sp³-hybridized carbons (Fsp3) is 0.357. The van der Waals surface area contributed by atoms with E-state index in [-0.39, 0.29) is 24.9 Å². The van der Waals surface area contributed by atoms with Gasteiger partial charge in [-0.05, 0) is 48.7 Å². The molecule has 4 rings (SSSR count). The van der Waals surface area contributed by atoms with E-state index in [9.17, 15) is 9.59 Å². The number of fused-ring (bicyclic) bond motifs is 1. The fourth-order valence-corrected chi connectivity index (χ4v) is 4.22. The molecule has 0 spiro atoms. The summed E-state index contributed by atoms with van der Waals surface area (Å²) in [5, 5.41) is 11.3. The molecule has 1 atom stereocenters. The lowest BCUT2D eigenvalue weighted by molar-refractivity contribution is -0.142. The standard InChI is InChI=1S/C28H33N5O5/c1-19(2)13-14-29-28(35)27(22-12-11-20(36-3)16-25(22)37-4)32(17-21-8-7-15-38-21)26(34)18-33-24-10-6-5-9-23(24)30-31-33/h5-12,15-16,19,27H,13-14,17-18H2,1-4H3,(H,29,35)/t27-/m1/s1. The molecule has 0 saturated heterocycles. The van der Waals surface area contributed by atoms with Crippen molar-refractivity contribution in [2.75, 3.05) is 20.8 Å². The Hall–Kier alpha value is -4.34. The first-order valence-corrected chi connectivity index (χ1v) is 12.5. The summed E-state index contributed by atoms with van der Waals surface area (Å²) >= 11 is 0. The average molecular weight is 520 g/mol. The maximum atomic E-state index is 14.0. The topological polar surface area (TPSA) is 112 Å². The van der Waals surface area contributed by atoms with Crippen LogP contribution in [0, 0.1) is 5.92 Å². The van der Waals surface area contributed by atoms with Gasteiger partial charge in [-0.25, -0.2) is 4.68 Å². The van der Waals surface area contributed by atoms with Crippen molar-refractivity contribution in [2.24, 2.45) is 5.92 Å². The Bertz CT molecular complexity index is 1370. The Morgan fingerprint density at radius 2 is 1.89 bits per heavy atom. The number of aromatic nitrogens is 3. The molecule has 0 bridgehead atoms. The molecule has 0 aliphatic rings. The molecule has 2 heterocycles. The second kappa shape index (κ2) is 12.3. The first kappa shape index (κ1) is 26.7. The van der Waals surface area contributed by atoms with E-state index in [2.05, 4.69) is 29.5 Å². The summed E-state index contributed by atoms with van der Waals surface area (Å²) in [4.78, 5) is 29.2. The lowest BCUT2D eigenvalue weighted by atomic mass is 10.0. The predicted octanol–water partition coefficient (Wildman–Crippen LogP) is 3.97. The fourth-order valence-electron chi connectivity index (χ4n) is 4.22. The highest BCUT2D eigenvalue weighted by atomic mass is 16.5. The number of methoxy groups -OCH3 is 2. The van der Waals surface area contributed by atoms with Crippen molar-refractivity contribution in [1.82, 2.24) is 25.2 Å². The number of amides is 2. The van der Waals surface area contributed by atoms with E-state index in [1.54, 1.807) is 37.4 Å². The third-order valence-corrected chi connectivity index (χ3v) is 6.25. The van der Waals surface area contributed by atoms with Crippen molar-refractivity contribution in [3.63, 3.8) is 0 Å². The van der Waals surface area contributed by atoms with E-state index in [1.807, 2.05) is 24.3 Å². The summed E-state index contributed by atoms with van der Waals surface area (Å²) in [6.07, 6.45) is 2.34. The summed E-state index contributed by atoms with van der Waals surface area (Å²) in [5.41, 5.74) is 1.93. The van der Waals surface area contributed by atoms with Gasteiger partial charge in [0.15, 0.2) is 0 Å². The lowest BCUT2D eigenvalue weighted by Gasteiger charge is -2.32. The molecule has 10 nitrogen and oxygen atoms in total. The lowest BCUT2D eigenvalue weighted by Crippen LogP contribution is -2.45. The smallest absolute Gasteiger partial charge is 0.247 e. The van der Waals surface area contributed by atoms with Gasteiger partial charge >= 0.3 is 0 Å². The Balaban J connectivity index is 1.75. The van der Waals surface area contributed by atoms with Gasteiger partial charge in [-0.1, -0.05) is 31.2 Å². The van der Waals surface area contributed by atoms with Gasteiger partial charge in [-0.15, -0.1) is 5.10 Å². The van der Waals surface area contributed by atoms with Crippen LogP contribution in [-0.4, -0.2) is 52.5 Å². The number of benzene rings is 2. The average Bonchev–Trinajstić information content (AvgIpc) is 3.58. The van der Waals surface area contributed by atoms with Gasteiger partial charge in [0.05, 0.1) is 32.5 Å². The molecule has 1 N–H and O–H groups in total. The maximum absolute atomic E-state index is 14.0. The van der Waals surface area contributed by atoms with E-state index in [1.165, 1.54) is 23.0 Å². The highest BCUT2D eigenvalue weighted by Gasteiger charge is 2.34. The van der Waals surface area contributed by atoms with Gasteiger partial charge in [0, 0.05) is 18.2 Å². The van der Waals surface area contributed by atoms with E-state index in [0.717, 1.165) is 11.9 Å². The van der Waals surface area contributed by atoms with Gasteiger partial charge in [-0.3, -0.25) is 9.59 Å². The largest absolute Gasteiger partial charge is 0.497 e. The molecule has 2 aromatic carbocycles. The minimum Gasteiger partial charge on any atom is -0.497 e. The number of carbonyl (C=O) groups is 2. The molecule has 0 unspecified atom stereocenters. The first-order valence-electron chi connectivity index (χ1n) is 12.5. The summed E-state index contributed by atoms with van der Waals surface area (Å²) in [5.74, 6) is 1.29. The van der Waals surface area contributed by atoms with Gasteiger partial charge < -0.3 is 24.1 Å². The molecular formula is C28H33N5O5. The van der Waals surface area contributed by atoms with Crippen molar-refractivity contribution in [1.29, 1.82) is 0 Å². The highest BCUT2D eigenvalue weighted by molar-refractivity contribution is 5.90. The van der Waals surface area contributed by atoms with Crippen molar-refractivity contribution >= 4 is 22.8 Å². The van der Waals surface area contributed by atoms with Crippen LogP contribution in [0.15, 0.2) is 65.3 Å². The van der Waals surface area contributed by atoms with Crippen LogP contribution in [0.1, 0.15) is 37.6 Å². The molecule has 2 amide bonds. The monoisotopic (exact) mass is 519 g/mol. The summed E-state index contributed by atoms with van der Waals surface area (Å²) in [6.45, 7) is 4.60. The second-order valence-corrected chi connectivity index (χ2v) is 9.32. The molecule has 0 aliphatic carbocycles. The molecule has 2 aromatic heterocycles. The zero-order valence-electron chi connectivity index (χ0n) is 22.1. The van der Waals surface area contributed by atoms with Crippen molar-refractivity contribution in [3.8, 4) is 11.5 Å². The van der Waals surface area contributed by atoms with Gasteiger partial charge in [-0.2, -0.15) is 0 Å². The van der Waals surface area contributed by atoms with E-state index >= 15 is 0 Å². The van der Waals surface area contributed by atoms with Crippen LogP contribution < -0.4 is 14.8 Å². The Labute approximate surface area is 221 Å². The third kappa shape index (κ3) is 6.13. The van der Waals surface area contributed by atoms with Crippen LogP contribution in [0.5, 0.6) is 11.5 Å². The summed E-state index contributed by atoms with van der Waals surface area (Å²) in [6, 6.07) is 15.1. The van der Waals surface area contributed by atoms with Crippen LogP contribution in [0.3, 0.4) is 0 Å². The number of furan rings is 1. The van der Waals surface area contributed by atoms with Crippen LogP contribution in [0.25, 0.3) is 11.0 Å². The number of rotatable bonds is 12. The van der Waals surface area contributed by atoms with Gasteiger partial charge in [0.1, 0.15) is 35.4 Å². The minimum atomic E-state index is -1.00. The second-order valence-electron chi connectivity index (χ2n) is 9.32. The van der Waals surface area contributed by atoms with E-state index in [0.29, 0.717) is 40.8 Å². The van der Waals surface area contributed by atoms with Crippen LogP contribution in [0.2, 0.25) is 0 Å². The van der Waals surface area contributed by atoms with Gasteiger partial charge in [0.2, 0.25) is 11.8 Å². The zero-order chi connectivity index (χ0) is 27.1. The molecule has 38 heavy (non-hydrogen) atoms. The summed E-state index contributed by atoms with van der Waals surface area (Å²) < 4.78 is 18.1. The normalized spacial score (nSPS) is 11.9. The van der Waals surface area contributed by atoms with E-state index < -0.39 is 6.04 Å². The molecule has 0 aliphatic heterocycles. The number of para-hydroxylation sites is 1. The number of hydrogen-bond acceptors (Lipinski definition) is 7. The molecule has 10 heteroatoms. The Morgan fingerprint density at radius 3 is 2.61 bits per heavy atom. The number of carbonyl (C=O) groups excluding carboxylic acids is 2. The number of nitrogens with one attached hydrogen (secondary N) is 1. The molecule has 0 saturated carbocycles. The zero-order valence-corrected chi connectivity index (χ0v) is 22.1. The van der Waals surface area contributed by atoms with Crippen LogP contribution in [-0.2, 0) is 22.7 Å². The van der Waals surface area contributed by atoms with E-state index in [4.69, 9.17) is 13.9 Å². The van der Waals surface area contributed by atoms with Gasteiger partial charge in [0.25, 0.3) is 0 Å². The Morgan fingerprint density at radius 1 is 1.08 bits per heavy atom. The number of ether oxygens (including phenoxy) is 2. The SMILES string of the molecule is COc1ccc([C@H](C(=O)NCCC(C)C)N(Cc2ccco2)C(=O)Cn2nnc3ccccc32)c(OC)c1. The molecular weight excluding hydrogens is 486 g/mol. The molecule has 0 radical (unpaired) electrons. The molecule has 0 fully saturated rings. The van der Waals surface area contributed by atoms with Crippen LogP contribution >= 0.6 is 0 Å². The predicted molar refractivity (Wildman–Crippen MR) is 142 cm³/mol. The first-order chi connectivity index (χ1) is 18.4. The van der Waals surface area contributed by atoms with Crippen molar-refractivity contribution in [3.05, 3.63) is 72.2 Å². The number of nitrogens with zero attached hydrogens (tertiary/aromatic N) is 4. The Kier molecular flexibility index (Phi) is 8.62. The maximum Gasteiger partial charge on any atom is 0.247 e. The highest BCUT2D eigenvalue weighted by Crippen LogP contribution is 2.34. The van der Waals surface area contributed by atoms with Crippen molar-refractivity contribution < 1.29 is 23.5 Å². The minimum absolute atomic E-state index is 0.0654. The summed E-state index contributed by atoms with van der Waals surface area (Å²) in [7, 11) is 3.08. The molecule has 4 aromatic rings.